The SMILES string of the molecule is CCCC(c1nc2ccc(Br)cc2c(=O)n1CC(=O)O)N1C[C@H](C)C[C@H](C)C1. The van der Waals surface area contributed by atoms with E-state index in [2.05, 4.69) is 41.6 Å². The predicted molar refractivity (Wildman–Crippen MR) is 114 cm³/mol. The number of carboxylic acids is 1. The van der Waals surface area contributed by atoms with Crippen LogP contribution in [0.1, 0.15) is 51.9 Å². The summed E-state index contributed by atoms with van der Waals surface area (Å²) in [4.78, 5) is 31.9. The molecule has 6 nitrogen and oxygen atoms in total. The van der Waals surface area contributed by atoms with Crippen molar-refractivity contribution in [2.45, 2.75) is 52.6 Å². The van der Waals surface area contributed by atoms with Crippen LogP contribution in [0.25, 0.3) is 10.9 Å². The molecule has 152 valence electrons. The standard InChI is InChI=1S/C21H28BrN3O3/c1-4-5-18(24-10-13(2)8-14(3)11-24)20-23-17-7-6-15(22)9-16(17)21(28)25(20)12-19(26)27/h6-7,9,13-14,18H,4-5,8,10-12H2,1-3H3,(H,26,27)/t13-,14+,18?. The number of hydrogen-bond acceptors (Lipinski definition) is 4. The lowest BCUT2D eigenvalue weighted by atomic mass is 9.90. The Labute approximate surface area is 173 Å². The van der Waals surface area contributed by atoms with Crippen LogP contribution < -0.4 is 5.56 Å². The van der Waals surface area contributed by atoms with Crippen molar-refractivity contribution < 1.29 is 9.90 Å². The minimum absolute atomic E-state index is 0.0599. The quantitative estimate of drug-likeness (QED) is 0.719. The molecular weight excluding hydrogens is 422 g/mol. The lowest BCUT2D eigenvalue weighted by molar-refractivity contribution is -0.137. The van der Waals surface area contributed by atoms with E-state index in [0.29, 0.717) is 28.6 Å². The molecule has 1 aromatic carbocycles. The second kappa shape index (κ2) is 8.74. The van der Waals surface area contributed by atoms with Crippen molar-refractivity contribution in [2.24, 2.45) is 11.8 Å². The van der Waals surface area contributed by atoms with Gasteiger partial charge in [-0.05, 0) is 42.9 Å². The number of carboxylic acid groups (broad SMARTS) is 1. The molecule has 1 unspecified atom stereocenters. The highest BCUT2D eigenvalue weighted by atomic mass is 79.9. The summed E-state index contributed by atoms with van der Waals surface area (Å²) in [5.74, 6) is 0.679. The minimum atomic E-state index is -1.03. The molecule has 2 heterocycles. The maximum absolute atomic E-state index is 13.2. The van der Waals surface area contributed by atoms with Crippen molar-refractivity contribution in [1.82, 2.24) is 14.5 Å². The fourth-order valence-electron chi connectivity index (χ4n) is 4.47. The largest absolute Gasteiger partial charge is 0.480 e. The molecule has 1 fully saturated rings. The number of aromatic nitrogens is 2. The molecule has 1 aliphatic rings. The van der Waals surface area contributed by atoms with Crippen LogP contribution >= 0.6 is 15.9 Å². The summed E-state index contributed by atoms with van der Waals surface area (Å²) in [5.41, 5.74) is 0.326. The van der Waals surface area contributed by atoms with Crippen molar-refractivity contribution in [2.75, 3.05) is 13.1 Å². The number of piperidine rings is 1. The van der Waals surface area contributed by atoms with Crippen LogP contribution in [0.3, 0.4) is 0 Å². The lowest BCUT2D eigenvalue weighted by Gasteiger charge is -2.40. The maximum Gasteiger partial charge on any atom is 0.323 e. The second-order valence-electron chi connectivity index (χ2n) is 8.12. The molecule has 0 saturated carbocycles. The summed E-state index contributed by atoms with van der Waals surface area (Å²) in [5, 5.41) is 9.88. The molecule has 0 amide bonds. The minimum Gasteiger partial charge on any atom is -0.480 e. The number of nitrogens with zero attached hydrogens (tertiary/aromatic N) is 3. The van der Waals surface area contributed by atoms with Crippen LogP contribution in [0, 0.1) is 11.8 Å². The Balaban J connectivity index is 2.17. The molecule has 7 heteroatoms. The third kappa shape index (κ3) is 4.46. The van der Waals surface area contributed by atoms with E-state index in [0.717, 1.165) is 30.4 Å². The molecule has 3 rings (SSSR count). The fraction of sp³-hybridized carbons (Fsp3) is 0.571. The third-order valence-electron chi connectivity index (χ3n) is 5.44. The van der Waals surface area contributed by atoms with E-state index in [1.54, 1.807) is 6.07 Å². The van der Waals surface area contributed by atoms with Crippen molar-refractivity contribution in [3.63, 3.8) is 0 Å². The summed E-state index contributed by atoms with van der Waals surface area (Å²) >= 11 is 3.39. The Morgan fingerprint density at radius 1 is 1.32 bits per heavy atom. The van der Waals surface area contributed by atoms with E-state index in [9.17, 15) is 14.7 Å². The zero-order valence-electron chi connectivity index (χ0n) is 16.7. The van der Waals surface area contributed by atoms with Gasteiger partial charge in [0.05, 0.1) is 16.9 Å². The Morgan fingerprint density at radius 2 is 2.00 bits per heavy atom. The van der Waals surface area contributed by atoms with Crippen molar-refractivity contribution in [3.05, 3.63) is 38.9 Å². The van der Waals surface area contributed by atoms with E-state index >= 15 is 0 Å². The van der Waals surface area contributed by atoms with Crippen molar-refractivity contribution >= 4 is 32.8 Å². The highest BCUT2D eigenvalue weighted by Gasteiger charge is 2.31. The normalized spacial score (nSPS) is 21.7. The Bertz CT molecular complexity index is 917. The maximum atomic E-state index is 13.2. The molecule has 1 saturated heterocycles. The van der Waals surface area contributed by atoms with Gasteiger partial charge >= 0.3 is 5.97 Å². The lowest BCUT2D eigenvalue weighted by Crippen LogP contribution is -2.43. The van der Waals surface area contributed by atoms with Gasteiger partial charge in [-0.15, -0.1) is 0 Å². The van der Waals surface area contributed by atoms with Gasteiger partial charge in [-0.3, -0.25) is 19.1 Å². The fourth-order valence-corrected chi connectivity index (χ4v) is 4.83. The highest BCUT2D eigenvalue weighted by Crippen LogP contribution is 2.32. The first-order valence-corrected chi connectivity index (χ1v) is 10.7. The van der Waals surface area contributed by atoms with Gasteiger partial charge in [0.15, 0.2) is 0 Å². The molecule has 3 atom stereocenters. The molecule has 0 aliphatic carbocycles. The number of hydrogen-bond donors (Lipinski definition) is 1. The van der Waals surface area contributed by atoms with Crippen LogP contribution in [0.2, 0.25) is 0 Å². The zero-order chi connectivity index (χ0) is 20.4. The first kappa shape index (κ1) is 21.0. The van der Waals surface area contributed by atoms with Crippen LogP contribution in [0.4, 0.5) is 0 Å². The number of likely N-dealkylation sites (tertiary alicyclic amines) is 1. The van der Waals surface area contributed by atoms with Gasteiger partial charge in [0.1, 0.15) is 12.4 Å². The monoisotopic (exact) mass is 449 g/mol. The molecule has 28 heavy (non-hydrogen) atoms. The highest BCUT2D eigenvalue weighted by molar-refractivity contribution is 9.10. The second-order valence-corrected chi connectivity index (χ2v) is 9.04. The summed E-state index contributed by atoms with van der Waals surface area (Å²) in [6, 6.07) is 5.34. The first-order chi connectivity index (χ1) is 13.3. The number of benzene rings is 1. The van der Waals surface area contributed by atoms with Gasteiger partial charge in [-0.2, -0.15) is 0 Å². The van der Waals surface area contributed by atoms with E-state index in [1.807, 2.05) is 12.1 Å². The zero-order valence-corrected chi connectivity index (χ0v) is 18.3. The number of rotatable bonds is 6. The molecule has 1 aliphatic heterocycles. The van der Waals surface area contributed by atoms with E-state index in [-0.39, 0.29) is 18.1 Å². The van der Waals surface area contributed by atoms with Gasteiger partial charge in [0.25, 0.3) is 5.56 Å². The van der Waals surface area contributed by atoms with Crippen LogP contribution in [0.5, 0.6) is 0 Å². The number of carbonyl (C=O) groups is 1. The summed E-state index contributed by atoms with van der Waals surface area (Å²) in [6.07, 6.45) is 2.97. The topological polar surface area (TPSA) is 75.4 Å². The van der Waals surface area contributed by atoms with Gasteiger partial charge in [-0.25, -0.2) is 4.98 Å². The molecule has 1 N–H and O–H groups in total. The average Bonchev–Trinajstić information content (AvgIpc) is 2.61. The number of aliphatic carboxylic acids is 1. The molecule has 0 bridgehead atoms. The summed E-state index contributed by atoms with van der Waals surface area (Å²) in [7, 11) is 0. The van der Waals surface area contributed by atoms with E-state index in [1.165, 1.54) is 11.0 Å². The average molecular weight is 450 g/mol. The summed E-state index contributed by atoms with van der Waals surface area (Å²) in [6.45, 7) is 8.12. The predicted octanol–water partition coefficient (Wildman–Crippen LogP) is 4.06. The van der Waals surface area contributed by atoms with Crippen LogP contribution in [-0.2, 0) is 11.3 Å². The van der Waals surface area contributed by atoms with Gasteiger partial charge in [-0.1, -0.05) is 43.1 Å². The van der Waals surface area contributed by atoms with E-state index < -0.39 is 5.97 Å². The summed E-state index contributed by atoms with van der Waals surface area (Å²) < 4.78 is 2.14. The molecule has 0 radical (unpaired) electrons. The Morgan fingerprint density at radius 3 is 2.61 bits per heavy atom. The molecular formula is C21H28BrN3O3. The van der Waals surface area contributed by atoms with Crippen molar-refractivity contribution in [3.8, 4) is 0 Å². The van der Waals surface area contributed by atoms with E-state index in [4.69, 9.17) is 4.98 Å². The smallest absolute Gasteiger partial charge is 0.323 e. The third-order valence-corrected chi connectivity index (χ3v) is 5.93. The van der Waals surface area contributed by atoms with Crippen LogP contribution in [-0.4, -0.2) is 38.6 Å². The molecule has 2 aromatic rings. The number of halogens is 1. The first-order valence-electron chi connectivity index (χ1n) is 9.96. The molecule has 0 spiro atoms. The van der Waals surface area contributed by atoms with Gasteiger partial charge < -0.3 is 5.11 Å². The molecule has 1 aromatic heterocycles. The Hall–Kier alpha value is -1.73. The van der Waals surface area contributed by atoms with Gasteiger partial charge in [0.2, 0.25) is 0 Å². The van der Waals surface area contributed by atoms with Gasteiger partial charge in [0, 0.05) is 17.6 Å². The van der Waals surface area contributed by atoms with Crippen LogP contribution in [0.15, 0.2) is 27.5 Å². The van der Waals surface area contributed by atoms with Crippen molar-refractivity contribution in [1.29, 1.82) is 0 Å². The number of fused-ring (bicyclic) bond motifs is 1. The Kier molecular flexibility index (Phi) is 6.55.